The van der Waals surface area contributed by atoms with E-state index in [1.165, 1.54) is 23.6 Å². The molecule has 1 amide bonds. The molecule has 0 fully saturated rings. The van der Waals surface area contributed by atoms with Gasteiger partial charge in [-0.15, -0.1) is 11.3 Å². The highest BCUT2D eigenvalue weighted by Gasteiger charge is 2.12. The second kappa shape index (κ2) is 5.95. The van der Waals surface area contributed by atoms with Gasteiger partial charge in [-0.05, 0) is 47.2 Å². The lowest BCUT2D eigenvalue weighted by molar-refractivity contribution is 0.102. The average molecular weight is 295 g/mol. The highest BCUT2D eigenvalue weighted by Crippen LogP contribution is 2.19. The van der Waals surface area contributed by atoms with Crippen LogP contribution >= 0.6 is 22.9 Å². The van der Waals surface area contributed by atoms with Gasteiger partial charge in [-0.2, -0.15) is 0 Å². The first kappa shape index (κ1) is 13.7. The fraction of sp³-hybridized carbons (Fsp3) is 0.154. The van der Waals surface area contributed by atoms with E-state index in [0.717, 1.165) is 12.0 Å². The number of aromatic nitrogens is 1. The summed E-state index contributed by atoms with van der Waals surface area (Å²) in [5, 5.41) is 4.00. The van der Waals surface area contributed by atoms with Crippen LogP contribution in [-0.4, -0.2) is 16.1 Å². The molecule has 0 aliphatic carbocycles. The number of aryl methyl sites for hydroxylation is 1. The lowest BCUT2D eigenvalue weighted by Gasteiger charge is -2.04. The van der Waals surface area contributed by atoms with Gasteiger partial charge < -0.3 is 5.32 Å². The molecule has 19 heavy (non-hydrogen) atoms. The molecule has 6 heteroatoms. The molecule has 0 aromatic carbocycles. The molecular formula is C13H11ClN2O2S. The predicted molar refractivity (Wildman–Crippen MR) is 76.1 cm³/mol. The van der Waals surface area contributed by atoms with E-state index < -0.39 is 5.24 Å². The predicted octanol–water partition coefficient (Wildman–Crippen LogP) is 3.34. The third kappa shape index (κ3) is 3.19. The van der Waals surface area contributed by atoms with Crippen LogP contribution in [0.5, 0.6) is 0 Å². The molecule has 0 bridgehead atoms. The van der Waals surface area contributed by atoms with Gasteiger partial charge in [0.05, 0.1) is 10.4 Å². The number of carbonyl (C=O) groups is 2. The van der Waals surface area contributed by atoms with E-state index in [4.69, 9.17) is 11.6 Å². The number of hydrogen-bond donors (Lipinski definition) is 1. The fourth-order valence-corrected chi connectivity index (χ4v) is 2.57. The Hall–Kier alpha value is -1.72. The van der Waals surface area contributed by atoms with Gasteiger partial charge >= 0.3 is 0 Å². The van der Waals surface area contributed by atoms with Crippen molar-refractivity contribution in [1.82, 2.24) is 4.98 Å². The van der Waals surface area contributed by atoms with Crippen molar-refractivity contribution in [2.45, 2.75) is 13.3 Å². The maximum atomic E-state index is 12.0. The molecule has 0 saturated carbocycles. The summed E-state index contributed by atoms with van der Waals surface area (Å²) in [6, 6.07) is 5.00. The highest BCUT2D eigenvalue weighted by atomic mass is 35.5. The molecule has 0 saturated heterocycles. The normalized spacial score (nSPS) is 10.2. The summed E-state index contributed by atoms with van der Waals surface area (Å²) in [4.78, 5) is 27.6. The Morgan fingerprint density at radius 2 is 2.16 bits per heavy atom. The summed E-state index contributed by atoms with van der Waals surface area (Å²) in [6.45, 7) is 2.00. The summed E-state index contributed by atoms with van der Waals surface area (Å²) in [7, 11) is 0. The van der Waals surface area contributed by atoms with Crippen LogP contribution in [-0.2, 0) is 6.42 Å². The molecule has 0 spiro atoms. The van der Waals surface area contributed by atoms with E-state index in [0.29, 0.717) is 16.3 Å². The first-order valence-electron chi connectivity index (χ1n) is 5.65. The number of thiophene rings is 1. The minimum absolute atomic E-state index is 0.190. The first-order chi connectivity index (χ1) is 9.11. The van der Waals surface area contributed by atoms with Crippen molar-refractivity contribution in [2.24, 2.45) is 0 Å². The van der Waals surface area contributed by atoms with Gasteiger partial charge in [0, 0.05) is 6.20 Å². The number of nitrogens with one attached hydrogen (secondary N) is 1. The number of hydrogen-bond acceptors (Lipinski definition) is 4. The largest absolute Gasteiger partial charge is 0.306 e. The van der Waals surface area contributed by atoms with Crippen molar-refractivity contribution >= 4 is 39.9 Å². The van der Waals surface area contributed by atoms with Crippen LogP contribution in [0, 0.1) is 0 Å². The van der Waals surface area contributed by atoms with Gasteiger partial charge in [0.2, 0.25) is 0 Å². The molecule has 2 aromatic rings. The number of carbonyl (C=O) groups excluding carboxylic acids is 2. The summed E-state index contributed by atoms with van der Waals surface area (Å²) in [6.07, 6.45) is 2.14. The molecule has 98 valence electrons. The zero-order valence-electron chi connectivity index (χ0n) is 10.1. The van der Waals surface area contributed by atoms with Crippen LogP contribution in [0.25, 0.3) is 0 Å². The number of rotatable bonds is 4. The zero-order chi connectivity index (χ0) is 13.8. The maximum Gasteiger partial charge on any atom is 0.267 e. The molecule has 0 aliphatic rings. The molecule has 2 rings (SSSR count). The summed E-state index contributed by atoms with van der Waals surface area (Å²) in [5.41, 5.74) is 1.31. The number of anilines is 1. The number of halogens is 1. The van der Waals surface area contributed by atoms with Gasteiger partial charge in [0.1, 0.15) is 5.82 Å². The van der Waals surface area contributed by atoms with Gasteiger partial charge in [0.25, 0.3) is 11.1 Å². The van der Waals surface area contributed by atoms with Gasteiger partial charge in [0.15, 0.2) is 0 Å². The smallest absolute Gasteiger partial charge is 0.267 e. The quantitative estimate of drug-likeness (QED) is 0.880. The molecule has 4 nitrogen and oxygen atoms in total. The second-order valence-corrected chi connectivity index (χ2v) is 5.05. The average Bonchev–Trinajstić information content (AvgIpc) is 2.87. The number of amides is 1. The van der Waals surface area contributed by atoms with E-state index >= 15 is 0 Å². The van der Waals surface area contributed by atoms with Gasteiger partial charge in [-0.1, -0.05) is 6.92 Å². The standard InChI is InChI=1S/C13H11ClN2O2S/c1-2-8-5-6-19-11(8)13(18)16-10-4-3-9(7-15-10)12(14)17/h3-7H,2H2,1H3,(H,15,16,18). The van der Waals surface area contributed by atoms with E-state index in [9.17, 15) is 9.59 Å². The molecular weight excluding hydrogens is 284 g/mol. The van der Waals surface area contributed by atoms with Crippen molar-refractivity contribution in [2.75, 3.05) is 5.32 Å². The van der Waals surface area contributed by atoms with E-state index in [1.807, 2.05) is 18.4 Å². The Morgan fingerprint density at radius 1 is 1.37 bits per heavy atom. The lowest BCUT2D eigenvalue weighted by Crippen LogP contribution is -2.13. The number of pyridine rings is 1. The van der Waals surface area contributed by atoms with Crippen molar-refractivity contribution in [3.05, 3.63) is 45.8 Å². The summed E-state index contributed by atoms with van der Waals surface area (Å²) >= 11 is 6.71. The zero-order valence-corrected chi connectivity index (χ0v) is 11.7. The minimum atomic E-state index is -0.572. The molecule has 0 atom stereocenters. The number of nitrogens with zero attached hydrogens (tertiary/aromatic N) is 1. The molecule has 2 heterocycles. The summed E-state index contributed by atoms with van der Waals surface area (Å²) < 4.78 is 0. The molecule has 1 N–H and O–H groups in total. The van der Waals surface area contributed by atoms with Gasteiger partial charge in [-0.3, -0.25) is 9.59 Å². The van der Waals surface area contributed by atoms with Crippen LogP contribution < -0.4 is 5.32 Å². The molecule has 2 aromatic heterocycles. The van der Waals surface area contributed by atoms with Gasteiger partial charge in [-0.25, -0.2) is 4.98 Å². The molecule has 0 unspecified atom stereocenters. The van der Waals surface area contributed by atoms with Crippen LogP contribution in [0.3, 0.4) is 0 Å². The Morgan fingerprint density at radius 3 is 2.74 bits per heavy atom. The van der Waals surface area contributed by atoms with Crippen molar-refractivity contribution in [3.8, 4) is 0 Å². The minimum Gasteiger partial charge on any atom is -0.306 e. The van der Waals surface area contributed by atoms with Crippen LogP contribution in [0.15, 0.2) is 29.8 Å². The third-order valence-electron chi connectivity index (χ3n) is 2.57. The lowest BCUT2D eigenvalue weighted by atomic mass is 10.2. The van der Waals surface area contributed by atoms with E-state index in [1.54, 1.807) is 6.07 Å². The van der Waals surface area contributed by atoms with E-state index in [-0.39, 0.29) is 5.91 Å². The molecule has 0 aliphatic heterocycles. The second-order valence-electron chi connectivity index (χ2n) is 3.79. The first-order valence-corrected chi connectivity index (χ1v) is 6.91. The topological polar surface area (TPSA) is 59.1 Å². The Balaban J connectivity index is 2.13. The summed E-state index contributed by atoms with van der Waals surface area (Å²) in [5.74, 6) is 0.200. The third-order valence-corrected chi connectivity index (χ3v) is 3.74. The highest BCUT2D eigenvalue weighted by molar-refractivity contribution is 7.12. The monoisotopic (exact) mass is 294 g/mol. The van der Waals surface area contributed by atoms with E-state index in [2.05, 4.69) is 10.3 Å². The van der Waals surface area contributed by atoms with Crippen molar-refractivity contribution in [3.63, 3.8) is 0 Å². The van der Waals surface area contributed by atoms with Crippen molar-refractivity contribution in [1.29, 1.82) is 0 Å². The SMILES string of the molecule is CCc1ccsc1C(=O)Nc1ccc(C(=O)Cl)cn1. The Labute approximate surface area is 119 Å². The molecule has 0 radical (unpaired) electrons. The Bertz CT molecular complexity index is 607. The fourth-order valence-electron chi connectivity index (χ4n) is 1.57. The Kier molecular flexibility index (Phi) is 4.29. The maximum absolute atomic E-state index is 12.0. The van der Waals surface area contributed by atoms with Crippen LogP contribution in [0.4, 0.5) is 5.82 Å². The van der Waals surface area contributed by atoms with Crippen molar-refractivity contribution < 1.29 is 9.59 Å². The van der Waals surface area contributed by atoms with Crippen LogP contribution in [0.2, 0.25) is 0 Å². The van der Waals surface area contributed by atoms with Crippen LogP contribution in [0.1, 0.15) is 32.5 Å².